The van der Waals surface area contributed by atoms with Crippen molar-refractivity contribution < 1.29 is 15.3 Å². The number of benzene rings is 1. The number of nitrogens with zero attached hydrogens (tertiary/aromatic N) is 4. The van der Waals surface area contributed by atoms with Gasteiger partial charge >= 0.3 is 5.69 Å². The number of H-pyrrole nitrogens is 1. The summed E-state index contributed by atoms with van der Waals surface area (Å²) >= 11 is 0. The first kappa shape index (κ1) is 19.3. The van der Waals surface area contributed by atoms with Crippen LogP contribution in [0.3, 0.4) is 0 Å². The molecular formula is C17H20N6O5. The molecule has 11 heteroatoms. The number of imidazole rings is 1. The van der Waals surface area contributed by atoms with Crippen LogP contribution < -0.4 is 16.7 Å². The highest BCUT2D eigenvalue weighted by molar-refractivity contribution is 6.01. The summed E-state index contributed by atoms with van der Waals surface area (Å²) in [6, 6.07) is 6.64. The van der Waals surface area contributed by atoms with E-state index in [-0.39, 0.29) is 29.4 Å². The van der Waals surface area contributed by atoms with Crippen LogP contribution in [0.25, 0.3) is 11.2 Å². The maximum atomic E-state index is 12.3. The maximum absolute atomic E-state index is 12.3. The van der Waals surface area contributed by atoms with E-state index in [4.69, 9.17) is 5.11 Å². The van der Waals surface area contributed by atoms with Gasteiger partial charge in [-0.25, -0.2) is 10.2 Å². The third kappa shape index (κ3) is 3.52. The van der Waals surface area contributed by atoms with Gasteiger partial charge in [-0.05, 0) is 19.1 Å². The van der Waals surface area contributed by atoms with E-state index in [1.54, 1.807) is 25.1 Å². The second-order valence-electron chi connectivity index (χ2n) is 6.20. The first-order chi connectivity index (χ1) is 13.3. The molecule has 0 radical (unpaired) electrons. The second kappa shape index (κ2) is 7.66. The van der Waals surface area contributed by atoms with E-state index in [1.165, 1.54) is 17.7 Å². The number of nitrogens with one attached hydrogen (secondary N) is 2. The third-order valence-corrected chi connectivity index (χ3v) is 4.23. The Morgan fingerprint density at radius 3 is 2.75 bits per heavy atom. The van der Waals surface area contributed by atoms with Gasteiger partial charge in [0.25, 0.3) is 5.56 Å². The van der Waals surface area contributed by atoms with Gasteiger partial charge in [0, 0.05) is 12.6 Å². The molecule has 2 heterocycles. The van der Waals surface area contributed by atoms with Crippen molar-refractivity contribution in [2.75, 3.05) is 12.0 Å². The molecule has 3 aromatic rings. The van der Waals surface area contributed by atoms with Crippen LogP contribution in [0.4, 0.5) is 5.95 Å². The number of aliphatic hydroxyl groups excluding tert-OH is 2. The lowest BCUT2D eigenvalue weighted by atomic mass is 10.1. The number of rotatable bonds is 6. The number of anilines is 1. The molecule has 0 bridgehead atoms. The Morgan fingerprint density at radius 2 is 2.07 bits per heavy atom. The number of aliphatic hydroxyl groups is 2. The summed E-state index contributed by atoms with van der Waals surface area (Å²) in [5.74, 6) is 0.137. The number of para-hydroxylation sites is 1. The van der Waals surface area contributed by atoms with E-state index < -0.39 is 24.0 Å². The predicted molar refractivity (Wildman–Crippen MR) is 103 cm³/mol. The molecule has 0 saturated heterocycles. The first-order valence-electron chi connectivity index (χ1n) is 8.40. The summed E-state index contributed by atoms with van der Waals surface area (Å²) in [5, 5.41) is 33.1. The monoisotopic (exact) mass is 388 g/mol. The van der Waals surface area contributed by atoms with E-state index in [0.717, 1.165) is 4.57 Å². The number of fused-ring (bicyclic) bond motifs is 1. The van der Waals surface area contributed by atoms with Crippen LogP contribution in [0, 0.1) is 0 Å². The van der Waals surface area contributed by atoms with Crippen LogP contribution >= 0.6 is 0 Å². The zero-order valence-corrected chi connectivity index (χ0v) is 15.2. The summed E-state index contributed by atoms with van der Waals surface area (Å²) in [7, 11) is 1.45. The number of hydrogen-bond acceptors (Lipinski definition) is 8. The quantitative estimate of drug-likeness (QED) is 0.276. The molecule has 28 heavy (non-hydrogen) atoms. The largest absolute Gasteiger partial charge is 0.507 e. The summed E-state index contributed by atoms with van der Waals surface area (Å²) in [6.07, 6.45) is -1.15. The van der Waals surface area contributed by atoms with Crippen molar-refractivity contribution in [3.63, 3.8) is 0 Å². The number of phenols is 1. The Kier molecular flexibility index (Phi) is 5.29. The van der Waals surface area contributed by atoms with Gasteiger partial charge in [0.05, 0.1) is 25.0 Å². The second-order valence-corrected chi connectivity index (χ2v) is 6.20. The summed E-state index contributed by atoms with van der Waals surface area (Å²) in [4.78, 5) is 30.5. The Labute approximate surface area is 158 Å². The summed E-state index contributed by atoms with van der Waals surface area (Å²) in [5.41, 5.74) is 2.48. The van der Waals surface area contributed by atoms with Gasteiger partial charge in [0.1, 0.15) is 5.75 Å². The Bertz CT molecular complexity index is 1160. The number of aromatic amines is 1. The standard InChI is InChI=1S/C17H20N6O5/c1-9(11-5-3-4-6-12(11)26)20-21-16-18-14-13(23(16)7-10(25)8-24)15(27)19-17(28)22(14)2/h3-6,10,24-26H,7-8H2,1-2H3,(H,18,21)(H,19,27,28). The lowest BCUT2D eigenvalue weighted by Gasteiger charge is -2.12. The van der Waals surface area contributed by atoms with Gasteiger partial charge < -0.3 is 19.9 Å². The van der Waals surface area contributed by atoms with Crippen molar-refractivity contribution in [2.45, 2.75) is 19.6 Å². The number of phenolic OH excluding ortho intramolecular Hbond substituents is 1. The van der Waals surface area contributed by atoms with E-state index >= 15 is 0 Å². The Hall–Kier alpha value is -3.44. The molecule has 1 unspecified atom stereocenters. The van der Waals surface area contributed by atoms with Crippen molar-refractivity contribution in [1.82, 2.24) is 19.1 Å². The SMILES string of the molecule is CC(=NNc1nc2c(c(=O)[nH]c(=O)n2C)n1CC(O)CO)c1ccccc1O. The molecular weight excluding hydrogens is 368 g/mol. The van der Waals surface area contributed by atoms with Crippen LogP contribution in [0.1, 0.15) is 12.5 Å². The van der Waals surface area contributed by atoms with Crippen LogP contribution in [0.2, 0.25) is 0 Å². The highest BCUT2D eigenvalue weighted by Crippen LogP contribution is 2.19. The van der Waals surface area contributed by atoms with Crippen molar-refractivity contribution >= 4 is 22.8 Å². The third-order valence-electron chi connectivity index (χ3n) is 4.23. The molecule has 0 fully saturated rings. The fourth-order valence-corrected chi connectivity index (χ4v) is 2.74. The zero-order chi connectivity index (χ0) is 20.4. The fraction of sp³-hybridized carbons (Fsp3) is 0.294. The molecule has 0 aliphatic rings. The van der Waals surface area contributed by atoms with Crippen molar-refractivity contribution in [1.29, 1.82) is 0 Å². The molecule has 0 aliphatic carbocycles. The predicted octanol–water partition coefficient (Wildman–Crippen LogP) is -0.682. The highest BCUT2D eigenvalue weighted by Gasteiger charge is 2.19. The van der Waals surface area contributed by atoms with Crippen molar-refractivity contribution in [2.24, 2.45) is 12.1 Å². The summed E-state index contributed by atoms with van der Waals surface area (Å²) < 4.78 is 2.49. The lowest BCUT2D eigenvalue weighted by molar-refractivity contribution is 0.0825. The summed E-state index contributed by atoms with van der Waals surface area (Å²) in [6.45, 7) is 0.991. The van der Waals surface area contributed by atoms with Crippen LogP contribution in [0.5, 0.6) is 5.75 Å². The molecule has 1 atom stereocenters. The Morgan fingerprint density at radius 1 is 1.36 bits per heavy atom. The minimum absolute atomic E-state index is 0.0486. The number of hydrogen-bond donors (Lipinski definition) is 5. The van der Waals surface area contributed by atoms with Gasteiger partial charge in [-0.3, -0.25) is 14.3 Å². The van der Waals surface area contributed by atoms with Crippen molar-refractivity contribution in [3.05, 3.63) is 50.7 Å². The smallest absolute Gasteiger partial charge is 0.329 e. The fourth-order valence-electron chi connectivity index (χ4n) is 2.74. The first-order valence-corrected chi connectivity index (χ1v) is 8.40. The molecule has 3 rings (SSSR count). The molecule has 0 aliphatic heterocycles. The molecule has 0 saturated carbocycles. The van der Waals surface area contributed by atoms with E-state index in [1.807, 2.05) is 0 Å². The van der Waals surface area contributed by atoms with Gasteiger partial charge in [-0.1, -0.05) is 12.1 Å². The topological polar surface area (TPSA) is 158 Å². The van der Waals surface area contributed by atoms with Gasteiger partial charge in [0.15, 0.2) is 11.2 Å². The minimum atomic E-state index is -1.15. The van der Waals surface area contributed by atoms with E-state index in [0.29, 0.717) is 11.3 Å². The van der Waals surface area contributed by atoms with Gasteiger partial charge in [0.2, 0.25) is 5.95 Å². The molecule has 0 spiro atoms. The molecule has 5 N–H and O–H groups in total. The number of aromatic hydroxyl groups is 1. The van der Waals surface area contributed by atoms with Crippen LogP contribution in [-0.2, 0) is 13.6 Å². The minimum Gasteiger partial charge on any atom is -0.507 e. The number of aryl methyl sites for hydroxylation is 1. The zero-order valence-electron chi connectivity index (χ0n) is 15.2. The normalized spacial score (nSPS) is 13.1. The van der Waals surface area contributed by atoms with E-state index in [2.05, 4.69) is 20.5 Å². The van der Waals surface area contributed by atoms with Crippen LogP contribution in [-0.4, -0.2) is 52.8 Å². The number of hydrazone groups is 1. The van der Waals surface area contributed by atoms with Crippen LogP contribution in [0.15, 0.2) is 39.0 Å². The van der Waals surface area contributed by atoms with Crippen molar-refractivity contribution in [3.8, 4) is 5.75 Å². The average Bonchev–Trinajstić information content (AvgIpc) is 3.03. The highest BCUT2D eigenvalue weighted by atomic mass is 16.3. The molecule has 2 aromatic heterocycles. The molecule has 0 amide bonds. The molecule has 11 nitrogen and oxygen atoms in total. The van der Waals surface area contributed by atoms with Gasteiger partial charge in [-0.2, -0.15) is 10.1 Å². The average molecular weight is 388 g/mol. The number of aromatic nitrogens is 4. The molecule has 148 valence electrons. The van der Waals surface area contributed by atoms with E-state index in [9.17, 15) is 19.8 Å². The lowest BCUT2D eigenvalue weighted by Crippen LogP contribution is -2.30. The van der Waals surface area contributed by atoms with Gasteiger partial charge in [-0.15, -0.1) is 0 Å². The maximum Gasteiger partial charge on any atom is 0.329 e. The molecule has 1 aromatic carbocycles. The Balaban J connectivity index is 2.10.